The van der Waals surface area contributed by atoms with Gasteiger partial charge in [-0.1, -0.05) is 24.3 Å². The largest absolute Gasteiger partial charge is 0.512 e. The van der Waals surface area contributed by atoms with Crippen LogP contribution in [0.4, 0.5) is 0 Å². The summed E-state index contributed by atoms with van der Waals surface area (Å²) in [5, 5.41) is 13.4. The number of aliphatic hydroxyl groups excluding tert-OH is 1. The summed E-state index contributed by atoms with van der Waals surface area (Å²) in [4.78, 5) is 12.1. The van der Waals surface area contributed by atoms with Gasteiger partial charge < -0.3 is 10.4 Å². The average molecular weight is 243 g/mol. The number of nitrogens with one attached hydrogen (secondary N) is 1. The summed E-state index contributed by atoms with van der Waals surface area (Å²) < 4.78 is 0. The minimum atomic E-state index is -0.122. The van der Waals surface area contributed by atoms with Gasteiger partial charge in [0.15, 0.2) is 5.78 Å². The van der Waals surface area contributed by atoms with Crippen molar-refractivity contribution in [2.45, 2.75) is 31.7 Å². The van der Waals surface area contributed by atoms with Crippen molar-refractivity contribution < 1.29 is 9.90 Å². The molecule has 1 aliphatic heterocycles. The number of allylic oxidation sites excluding steroid dienone is 1. The number of ketones is 1. The predicted molar refractivity (Wildman–Crippen MR) is 69.4 cm³/mol. The molecule has 1 aliphatic carbocycles. The van der Waals surface area contributed by atoms with Crippen molar-refractivity contribution in [3.05, 3.63) is 46.7 Å². The van der Waals surface area contributed by atoms with Gasteiger partial charge in [0, 0.05) is 19.4 Å². The summed E-state index contributed by atoms with van der Waals surface area (Å²) >= 11 is 0. The molecule has 0 spiro atoms. The first-order valence-corrected chi connectivity index (χ1v) is 6.54. The van der Waals surface area contributed by atoms with Gasteiger partial charge in [-0.15, -0.1) is 0 Å². The number of hydrogen-bond donors (Lipinski definition) is 2. The number of carbonyl (C=O) groups excluding carboxylic acids is 1. The Labute approximate surface area is 107 Å². The lowest BCUT2D eigenvalue weighted by atomic mass is 9.83. The summed E-state index contributed by atoms with van der Waals surface area (Å²) in [6, 6.07) is 8.05. The molecule has 3 rings (SSSR count). The van der Waals surface area contributed by atoms with Crippen molar-refractivity contribution in [1.29, 1.82) is 0 Å². The molecular formula is C15H17NO2. The second-order valence-electron chi connectivity index (χ2n) is 4.97. The molecule has 0 fully saturated rings. The van der Waals surface area contributed by atoms with Crippen LogP contribution in [0.15, 0.2) is 35.6 Å². The molecular weight excluding hydrogens is 226 g/mol. The smallest absolute Gasteiger partial charge is 0.164 e. The van der Waals surface area contributed by atoms with Crippen LogP contribution in [0.5, 0.6) is 0 Å². The van der Waals surface area contributed by atoms with E-state index in [0.29, 0.717) is 18.4 Å². The van der Waals surface area contributed by atoms with E-state index in [-0.39, 0.29) is 17.6 Å². The van der Waals surface area contributed by atoms with Crippen molar-refractivity contribution in [2.24, 2.45) is 0 Å². The summed E-state index contributed by atoms with van der Waals surface area (Å²) in [6.07, 6.45) is 2.93. The molecule has 3 heteroatoms. The van der Waals surface area contributed by atoms with Crippen LogP contribution in [0.1, 0.15) is 36.4 Å². The first kappa shape index (κ1) is 11.5. The van der Waals surface area contributed by atoms with Crippen molar-refractivity contribution in [2.75, 3.05) is 6.54 Å². The third-order valence-electron chi connectivity index (χ3n) is 3.83. The Balaban J connectivity index is 2.06. The zero-order chi connectivity index (χ0) is 12.5. The molecule has 1 aromatic rings. The molecule has 0 aromatic heterocycles. The number of Topliss-reactive ketones (excluding diaryl/α,β-unsaturated/α-hetero) is 1. The Hall–Kier alpha value is -1.61. The zero-order valence-electron chi connectivity index (χ0n) is 10.3. The van der Waals surface area contributed by atoms with E-state index in [1.807, 2.05) is 18.2 Å². The van der Waals surface area contributed by atoms with Gasteiger partial charge in [-0.25, -0.2) is 0 Å². The van der Waals surface area contributed by atoms with E-state index in [0.717, 1.165) is 24.9 Å². The molecule has 3 nitrogen and oxygen atoms in total. The van der Waals surface area contributed by atoms with Gasteiger partial charge in [-0.2, -0.15) is 0 Å². The Morgan fingerprint density at radius 1 is 1.17 bits per heavy atom. The third-order valence-corrected chi connectivity index (χ3v) is 3.83. The van der Waals surface area contributed by atoms with Gasteiger partial charge in [-0.05, 0) is 24.0 Å². The monoisotopic (exact) mass is 243 g/mol. The molecule has 94 valence electrons. The fourth-order valence-corrected chi connectivity index (χ4v) is 2.94. The molecule has 2 aliphatic rings. The molecule has 2 N–H and O–H groups in total. The second-order valence-corrected chi connectivity index (χ2v) is 4.97. The standard InChI is InChI=1S/C15H17NO2/c17-12-6-3-7-13(18)14(12)15-11-5-2-1-4-10(11)8-9-16-15/h1-2,4-5,15-17H,3,6-9H2/t15-/m1/s1. The summed E-state index contributed by atoms with van der Waals surface area (Å²) in [5.41, 5.74) is 3.01. The van der Waals surface area contributed by atoms with Crippen LogP contribution in [0.3, 0.4) is 0 Å². The van der Waals surface area contributed by atoms with Crippen molar-refractivity contribution >= 4 is 5.78 Å². The van der Waals surface area contributed by atoms with Crippen LogP contribution in [0.2, 0.25) is 0 Å². The van der Waals surface area contributed by atoms with E-state index >= 15 is 0 Å². The van der Waals surface area contributed by atoms with Crippen molar-refractivity contribution in [1.82, 2.24) is 5.32 Å². The van der Waals surface area contributed by atoms with E-state index in [9.17, 15) is 9.90 Å². The quantitative estimate of drug-likeness (QED) is 0.796. The Morgan fingerprint density at radius 2 is 2.00 bits per heavy atom. The summed E-state index contributed by atoms with van der Waals surface area (Å²) in [7, 11) is 0. The average Bonchev–Trinajstić information content (AvgIpc) is 2.39. The van der Waals surface area contributed by atoms with E-state index in [4.69, 9.17) is 0 Å². The number of aliphatic hydroxyl groups is 1. The zero-order valence-corrected chi connectivity index (χ0v) is 10.3. The number of fused-ring (bicyclic) bond motifs is 1. The second kappa shape index (κ2) is 4.58. The van der Waals surface area contributed by atoms with Gasteiger partial charge in [0.2, 0.25) is 0 Å². The molecule has 0 saturated carbocycles. The molecule has 1 atom stereocenters. The molecule has 1 heterocycles. The molecule has 0 saturated heterocycles. The van der Waals surface area contributed by atoms with Crippen LogP contribution in [0, 0.1) is 0 Å². The SMILES string of the molecule is O=C1CCCC(O)=C1[C@@H]1NCCc2ccccc21. The Bertz CT molecular complexity index is 519. The van der Waals surface area contributed by atoms with Gasteiger partial charge in [0.25, 0.3) is 0 Å². The lowest BCUT2D eigenvalue weighted by Gasteiger charge is -2.30. The summed E-state index contributed by atoms with van der Waals surface area (Å²) in [5.74, 6) is 0.369. The van der Waals surface area contributed by atoms with Crippen LogP contribution in [0.25, 0.3) is 0 Å². The number of carbonyl (C=O) groups is 1. The molecule has 0 amide bonds. The van der Waals surface area contributed by atoms with Crippen LogP contribution in [-0.2, 0) is 11.2 Å². The molecule has 18 heavy (non-hydrogen) atoms. The number of rotatable bonds is 1. The van der Waals surface area contributed by atoms with Gasteiger partial charge in [0.05, 0.1) is 11.6 Å². The maximum absolute atomic E-state index is 12.1. The lowest BCUT2D eigenvalue weighted by Crippen LogP contribution is -2.34. The highest BCUT2D eigenvalue weighted by molar-refractivity contribution is 5.98. The highest BCUT2D eigenvalue weighted by Gasteiger charge is 2.31. The first-order valence-electron chi connectivity index (χ1n) is 6.54. The highest BCUT2D eigenvalue weighted by Crippen LogP contribution is 2.34. The van der Waals surface area contributed by atoms with E-state index in [1.165, 1.54) is 5.56 Å². The lowest BCUT2D eigenvalue weighted by molar-refractivity contribution is -0.116. The van der Waals surface area contributed by atoms with Crippen LogP contribution < -0.4 is 5.32 Å². The van der Waals surface area contributed by atoms with E-state index < -0.39 is 0 Å². The normalized spacial score (nSPS) is 24.0. The Morgan fingerprint density at radius 3 is 2.83 bits per heavy atom. The molecule has 1 aromatic carbocycles. The third kappa shape index (κ3) is 1.85. The maximum Gasteiger partial charge on any atom is 0.164 e. The molecule has 0 radical (unpaired) electrons. The first-order chi connectivity index (χ1) is 8.77. The van der Waals surface area contributed by atoms with E-state index in [1.54, 1.807) is 0 Å². The number of benzene rings is 1. The van der Waals surface area contributed by atoms with Gasteiger partial charge in [-0.3, -0.25) is 4.79 Å². The fourth-order valence-electron chi connectivity index (χ4n) is 2.94. The minimum absolute atomic E-state index is 0.0907. The van der Waals surface area contributed by atoms with Gasteiger partial charge in [0.1, 0.15) is 5.76 Å². The van der Waals surface area contributed by atoms with Crippen LogP contribution >= 0.6 is 0 Å². The maximum atomic E-state index is 12.1. The molecule has 0 unspecified atom stereocenters. The predicted octanol–water partition coefficient (Wildman–Crippen LogP) is 2.44. The minimum Gasteiger partial charge on any atom is -0.512 e. The number of hydrogen-bond acceptors (Lipinski definition) is 3. The Kier molecular flexibility index (Phi) is 2.92. The van der Waals surface area contributed by atoms with Crippen molar-refractivity contribution in [3.8, 4) is 0 Å². The van der Waals surface area contributed by atoms with Crippen molar-refractivity contribution in [3.63, 3.8) is 0 Å². The summed E-state index contributed by atoms with van der Waals surface area (Å²) in [6.45, 7) is 0.853. The molecule has 0 bridgehead atoms. The fraction of sp³-hybridized carbons (Fsp3) is 0.400. The van der Waals surface area contributed by atoms with Gasteiger partial charge >= 0.3 is 0 Å². The highest BCUT2D eigenvalue weighted by atomic mass is 16.3. The van der Waals surface area contributed by atoms with Crippen LogP contribution in [-0.4, -0.2) is 17.4 Å². The topological polar surface area (TPSA) is 49.3 Å². The van der Waals surface area contributed by atoms with E-state index in [2.05, 4.69) is 11.4 Å².